The smallest absolute Gasteiger partial charge is 0.277 e. The minimum absolute atomic E-state index is 0.217. The van der Waals surface area contributed by atoms with Gasteiger partial charge in [0.15, 0.2) is 5.52 Å². The number of benzene rings is 1. The number of fused-ring (bicyclic) bond motifs is 1. The van der Waals surface area contributed by atoms with Crippen LogP contribution in [0.2, 0.25) is 10.0 Å². The third-order valence-corrected chi connectivity index (χ3v) is 4.93. The Morgan fingerprint density at radius 2 is 2.04 bits per heavy atom. The molecule has 1 aromatic carbocycles. The highest BCUT2D eigenvalue weighted by molar-refractivity contribution is 6.42. The molecule has 0 bridgehead atoms. The molecule has 27 heavy (non-hydrogen) atoms. The fourth-order valence-electron chi connectivity index (χ4n) is 2.79. The van der Waals surface area contributed by atoms with Crippen LogP contribution in [0.5, 0.6) is 0 Å². The van der Waals surface area contributed by atoms with E-state index in [9.17, 15) is 4.79 Å². The number of hydrogen-bond acceptors (Lipinski definition) is 5. The van der Waals surface area contributed by atoms with Gasteiger partial charge in [-0.05, 0) is 37.0 Å². The lowest BCUT2D eigenvalue weighted by molar-refractivity contribution is 0.191. The molecule has 2 heterocycles. The van der Waals surface area contributed by atoms with Crippen molar-refractivity contribution >= 4 is 40.1 Å². The topological polar surface area (TPSA) is 84.8 Å². The number of hydrogen-bond donors (Lipinski definition) is 2. The van der Waals surface area contributed by atoms with Crippen molar-refractivity contribution in [2.24, 2.45) is 0 Å². The van der Waals surface area contributed by atoms with Crippen LogP contribution < -0.4 is 10.9 Å². The standard InChI is InChI=1S/C18H21Cl2N5O2/c1-27-8-4-2-3-7-25-17-15(23-24-25)10-16(22-18(17)26)21-11-12-5-6-13(19)14(20)9-12/h5-6,9-10H,2-4,7-8,11H2,1H3,(H2,21,22,26). The minimum atomic E-state index is -0.217. The van der Waals surface area contributed by atoms with Crippen molar-refractivity contribution in [3.05, 3.63) is 50.2 Å². The molecule has 3 rings (SSSR count). The van der Waals surface area contributed by atoms with Gasteiger partial charge in [-0.1, -0.05) is 34.5 Å². The molecule has 0 saturated carbocycles. The number of H-pyrrole nitrogens is 1. The molecule has 0 unspecified atom stereocenters. The van der Waals surface area contributed by atoms with Gasteiger partial charge in [0.2, 0.25) is 0 Å². The summed E-state index contributed by atoms with van der Waals surface area (Å²) in [7, 11) is 1.69. The second-order valence-corrected chi connectivity index (χ2v) is 7.03. The highest BCUT2D eigenvalue weighted by atomic mass is 35.5. The van der Waals surface area contributed by atoms with Gasteiger partial charge in [0.25, 0.3) is 5.56 Å². The van der Waals surface area contributed by atoms with Gasteiger partial charge in [0.1, 0.15) is 11.3 Å². The second-order valence-electron chi connectivity index (χ2n) is 6.21. The number of aryl methyl sites for hydroxylation is 1. The molecule has 0 saturated heterocycles. The number of rotatable bonds is 9. The maximum Gasteiger partial charge on any atom is 0.277 e. The van der Waals surface area contributed by atoms with E-state index in [1.807, 2.05) is 6.07 Å². The van der Waals surface area contributed by atoms with E-state index < -0.39 is 0 Å². The van der Waals surface area contributed by atoms with Crippen LogP contribution in [0.1, 0.15) is 24.8 Å². The number of pyridine rings is 1. The van der Waals surface area contributed by atoms with Crippen LogP contribution in [-0.4, -0.2) is 33.7 Å². The molecule has 0 aliphatic heterocycles. The Balaban J connectivity index is 1.68. The molecule has 7 nitrogen and oxygen atoms in total. The highest BCUT2D eigenvalue weighted by Crippen LogP contribution is 2.23. The molecule has 2 N–H and O–H groups in total. The van der Waals surface area contributed by atoms with E-state index in [-0.39, 0.29) is 5.56 Å². The van der Waals surface area contributed by atoms with Gasteiger partial charge in [-0.3, -0.25) is 4.79 Å². The zero-order valence-electron chi connectivity index (χ0n) is 15.0. The Morgan fingerprint density at radius 1 is 1.19 bits per heavy atom. The molecule has 0 radical (unpaired) electrons. The largest absolute Gasteiger partial charge is 0.385 e. The van der Waals surface area contributed by atoms with Crippen molar-refractivity contribution in [2.75, 3.05) is 19.0 Å². The summed E-state index contributed by atoms with van der Waals surface area (Å²) in [6.45, 7) is 1.89. The zero-order valence-corrected chi connectivity index (χ0v) is 16.5. The molecule has 3 aromatic rings. The van der Waals surface area contributed by atoms with Crippen LogP contribution in [0.15, 0.2) is 29.1 Å². The average molecular weight is 410 g/mol. The van der Waals surface area contributed by atoms with Crippen molar-refractivity contribution in [1.29, 1.82) is 0 Å². The highest BCUT2D eigenvalue weighted by Gasteiger charge is 2.10. The lowest BCUT2D eigenvalue weighted by atomic mass is 10.2. The van der Waals surface area contributed by atoms with Crippen LogP contribution in [0, 0.1) is 0 Å². The maximum absolute atomic E-state index is 12.5. The lowest BCUT2D eigenvalue weighted by Gasteiger charge is -2.08. The van der Waals surface area contributed by atoms with Gasteiger partial charge >= 0.3 is 0 Å². The van der Waals surface area contributed by atoms with Crippen molar-refractivity contribution in [1.82, 2.24) is 20.0 Å². The molecule has 0 aliphatic carbocycles. The van der Waals surface area contributed by atoms with Crippen LogP contribution in [-0.2, 0) is 17.8 Å². The van der Waals surface area contributed by atoms with Gasteiger partial charge in [-0.2, -0.15) is 0 Å². The quantitative estimate of drug-likeness (QED) is 0.524. The molecule has 9 heteroatoms. The average Bonchev–Trinajstić information content (AvgIpc) is 3.06. The van der Waals surface area contributed by atoms with E-state index in [4.69, 9.17) is 27.9 Å². The molecule has 2 aromatic heterocycles. The second kappa shape index (κ2) is 9.21. The van der Waals surface area contributed by atoms with Gasteiger partial charge in [0, 0.05) is 32.9 Å². The predicted octanol–water partition coefficient (Wildman–Crippen LogP) is 3.86. The van der Waals surface area contributed by atoms with Crippen LogP contribution in [0.25, 0.3) is 11.0 Å². The Hall–Kier alpha value is -2.09. The van der Waals surface area contributed by atoms with E-state index >= 15 is 0 Å². The van der Waals surface area contributed by atoms with Crippen molar-refractivity contribution < 1.29 is 4.74 Å². The SMILES string of the molecule is COCCCCCn1nnc2cc(NCc3ccc(Cl)c(Cl)c3)[nH]c(=O)c21. The monoisotopic (exact) mass is 409 g/mol. The molecule has 0 aliphatic rings. The Labute approximate surface area is 166 Å². The summed E-state index contributed by atoms with van der Waals surface area (Å²) in [4.78, 5) is 15.3. The fraction of sp³-hybridized carbons (Fsp3) is 0.389. The first-order valence-electron chi connectivity index (χ1n) is 8.71. The van der Waals surface area contributed by atoms with E-state index in [1.165, 1.54) is 0 Å². The van der Waals surface area contributed by atoms with Crippen LogP contribution in [0.3, 0.4) is 0 Å². The van der Waals surface area contributed by atoms with Crippen molar-refractivity contribution in [2.45, 2.75) is 32.4 Å². The summed E-state index contributed by atoms with van der Waals surface area (Å²) in [5.74, 6) is 0.575. The van der Waals surface area contributed by atoms with Gasteiger partial charge < -0.3 is 15.0 Å². The minimum Gasteiger partial charge on any atom is -0.385 e. The molecular formula is C18H21Cl2N5O2. The Bertz CT molecular complexity index is 970. The number of unbranched alkanes of at least 4 members (excludes halogenated alkanes) is 2. The maximum atomic E-state index is 12.5. The number of nitrogens with one attached hydrogen (secondary N) is 2. The van der Waals surface area contributed by atoms with Gasteiger partial charge in [-0.15, -0.1) is 5.10 Å². The number of halogens is 2. The third-order valence-electron chi connectivity index (χ3n) is 4.19. The molecular weight excluding hydrogens is 389 g/mol. The molecule has 0 atom stereocenters. The Kier molecular flexibility index (Phi) is 6.71. The van der Waals surface area contributed by atoms with E-state index in [2.05, 4.69) is 20.6 Å². The number of aromatic amines is 1. The number of ether oxygens (including phenoxy) is 1. The summed E-state index contributed by atoms with van der Waals surface area (Å²) in [5, 5.41) is 12.4. The fourth-order valence-corrected chi connectivity index (χ4v) is 3.12. The molecule has 0 fully saturated rings. The normalized spacial score (nSPS) is 11.2. The summed E-state index contributed by atoms with van der Waals surface area (Å²) >= 11 is 11.9. The summed E-state index contributed by atoms with van der Waals surface area (Å²) in [6, 6.07) is 7.18. The third kappa shape index (κ3) is 5.00. The number of methoxy groups -OCH3 is 1. The van der Waals surface area contributed by atoms with E-state index in [0.29, 0.717) is 40.0 Å². The van der Waals surface area contributed by atoms with Crippen LogP contribution in [0.4, 0.5) is 5.82 Å². The van der Waals surface area contributed by atoms with E-state index in [1.54, 1.807) is 30.0 Å². The van der Waals surface area contributed by atoms with Crippen molar-refractivity contribution in [3.63, 3.8) is 0 Å². The number of anilines is 1. The Morgan fingerprint density at radius 3 is 2.81 bits per heavy atom. The summed E-state index contributed by atoms with van der Waals surface area (Å²) in [5.41, 5.74) is 1.78. The summed E-state index contributed by atoms with van der Waals surface area (Å²) in [6.07, 6.45) is 2.91. The van der Waals surface area contributed by atoms with Crippen molar-refractivity contribution in [3.8, 4) is 0 Å². The molecule has 0 amide bonds. The number of aromatic nitrogens is 4. The molecule has 0 spiro atoms. The first-order chi connectivity index (χ1) is 13.1. The number of nitrogens with zero attached hydrogens (tertiary/aromatic N) is 3. The predicted molar refractivity (Wildman–Crippen MR) is 108 cm³/mol. The lowest BCUT2D eigenvalue weighted by Crippen LogP contribution is -2.14. The first-order valence-corrected chi connectivity index (χ1v) is 9.47. The van der Waals surface area contributed by atoms with Gasteiger partial charge in [-0.25, -0.2) is 4.68 Å². The first kappa shape index (κ1) is 19.7. The molecule has 144 valence electrons. The van der Waals surface area contributed by atoms with Crippen LogP contribution >= 0.6 is 23.2 Å². The van der Waals surface area contributed by atoms with E-state index in [0.717, 1.165) is 31.4 Å². The zero-order chi connectivity index (χ0) is 19.2. The van der Waals surface area contributed by atoms with Gasteiger partial charge in [0.05, 0.1) is 10.0 Å². The summed E-state index contributed by atoms with van der Waals surface area (Å²) < 4.78 is 6.69.